The first-order valence-corrected chi connectivity index (χ1v) is 5.91. The van der Waals surface area contributed by atoms with Crippen LogP contribution in [0.2, 0.25) is 5.15 Å². The van der Waals surface area contributed by atoms with Gasteiger partial charge in [0.15, 0.2) is 0 Å². The van der Waals surface area contributed by atoms with Gasteiger partial charge in [-0.3, -0.25) is 10.1 Å². The maximum atomic E-state index is 12.9. The molecule has 0 aliphatic heterocycles. The van der Waals surface area contributed by atoms with Crippen molar-refractivity contribution in [2.24, 2.45) is 0 Å². The number of para-hydroxylation sites is 1. The minimum absolute atomic E-state index is 0.0763. The number of aromatic nitrogens is 1. The van der Waals surface area contributed by atoms with E-state index in [2.05, 4.69) is 10.3 Å². The van der Waals surface area contributed by atoms with E-state index in [0.29, 0.717) is 0 Å². The second-order valence-electron chi connectivity index (χ2n) is 3.93. The molecule has 0 amide bonds. The molecule has 0 unspecified atom stereocenters. The second-order valence-corrected chi connectivity index (χ2v) is 4.31. The average Bonchev–Trinajstić information content (AvgIpc) is 2.37. The van der Waals surface area contributed by atoms with Gasteiger partial charge in [0.05, 0.1) is 16.2 Å². The van der Waals surface area contributed by atoms with Crippen molar-refractivity contribution in [1.82, 2.24) is 4.98 Å². The van der Waals surface area contributed by atoms with Gasteiger partial charge in [-0.2, -0.15) is 13.2 Å². The Bertz CT molecular complexity index is 692. The standard InChI is InChI=1S/C12H7ClF3N3O2/c13-10-6-5-9(19(20)21)11(18-10)17-8-4-2-1-3-7(8)12(14,15)16/h1-6H,(H,17,18). The topological polar surface area (TPSA) is 68.1 Å². The lowest BCUT2D eigenvalue weighted by atomic mass is 10.1. The number of nitrogens with one attached hydrogen (secondary N) is 1. The third-order valence-electron chi connectivity index (χ3n) is 2.52. The van der Waals surface area contributed by atoms with E-state index in [4.69, 9.17) is 11.6 Å². The predicted molar refractivity (Wildman–Crippen MR) is 70.6 cm³/mol. The summed E-state index contributed by atoms with van der Waals surface area (Å²) in [7, 11) is 0. The summed E-state index contributed by atoms with van der Waals surface area (Å²) < 4.78 is 38.6. The molecule has 0 atom stereocenters. The molecule has 0 aliphatic rings. The summed E-state index contributed by atoms with van der Waals surface area (Å²) in [6.07, 6.45) is -4.60. The van der Waals surface area contributed by atoms with Crippen LogP contribution in [0.3, 0.4) is 0 Å². The van der Waals surface area contributed by atoms with Crippen LogP contribution in [0, 0.1) is 10.1 Å². The van der Waals surface area contributed by atoms with Crippen LogP contribution >= 0.6 is 11.6 Å². The first-order chi connectivity index (χ1) is 9.79. The molecule has 1 aromatic carbocycles. The van der Waals surface area contributed by atoms with E-state index in [9.17, 15) is 23.3 Å². The molecular weight excluding hydrogens is 311 g/mol. The fraction of sp³-hybridized carbons (Fsp3) is 0.0833. The molecule has 0 bridgehead atoms. The van der Waals surface area contributed by atoms with Crippen molar-refractivity contribution in [1.29, 1.82) is 0 Å². The summed E-state index contributed by atoms with van der Waals surface area (Å²) in [6, 6.07) is 6.84. The van der Waals surface area contributed by atoms with Crippen LogP contribution in [0.15, 0.2) is 36.4 Å². The number of rotatable bonds is 3. The molecule has 5 nitrogen and oxygen atoms in total. The molecule has 2 rings (SSSR count). The van der Waals surface area contributed by atoms with Gasteiger partial charge in [-0.25, -0.2) is 4.98 Å². The lowest BCUT2D eigenvalue weighted by Gasteiger charge is -2.13. The Morgan fingerprint density at radius 1 is 1.19 bits per heavy atom. The lowest BCUT2D eigenvalue weighted by molar-refractivity contribution is -0.384. The largest absolute Gasteiger partial charge is 0.418 e. The summed E-state index contributed by atoms with van der Waals surface area (Å²) in [5.41, 5.74) is -1.78. The fourth-order valence-corrected chi connectivity index (χ4v) is 1.78. The van der Waals surface area contributed by atoms with Crippen molar-refractivity contribution in [2.75, 3.05) is 5.32 Å². The molecule has 9 heteroatoms. The van der Waals surface area contributed by atoms with Crippen LogP contribution in [0.1, 0.15) is 5.56 Å². The minimum atomic E-state index is -4.60. The summed E-state index contributed by atoms with van der Waals surface area (Å²) in [6.45, 7) is 0. The zero-order valence-corrected chi connectivity index (χ0v) is 10.9. The molecule has 0 fully saturated rings. The van der Waals surface area contributed by atoms with Crippen LogP contribution in [0.5, 0.6) is 0 Å². The number of hydrogen-bond acceptors (Lipinski definition) is 4. The molecule has 0 saturated heterocycles. The van der Waals surface area contributed by atoms with Crippen molar-refractivity contribution in [3.63, 3.8) is 0 Å². The third kappa shape index (κ3) is 3.40. The van der Waals surface area contributed by atoms with Gasteiger partial charge >= 0.3 is 11.9 Å². The Hall–Kier alpha value is -2.35. The number of halogens is 4. The Morgan fingerprint density at radius 2 is 1.86 bits per heavy atom. The Morgan fingerprint density at radius 3 is 2.48 bits per heavy atom. The number of alkyl halides is 3. The molecular formula is C12H7ClF3N3O2. The first kappa shape index (κ1) is 15.0. The average molecular weight is 318 g/mol. The maximum Gasteiger partial charge on any atom is 0.418 e. The summed E-state index contributed by atoms with van der Waals surface area (Å²) in [5, 5.41) is 13.1. The van der Waals surface area contributed by atoms with Crippen LogP contribution in [-0.2, 0) is 6.18 Å². The quantitative estimate of drug-likeness (QED) is 0.517. The molecule has 0 spiro atoms. The Labute approximate surface area is 121 Å². The highest BCUT2D eigenvalue weighted by atomic mass is 35.5. The van der Waals surface area contributed by atoms with Crippen LogP contribution in [-0.4, -0.2) is 9.91 Å². The van der Waals surface area contributed by atoms with Gasteiger partial charge in [-0.1, -0.05) is 23.7 Å². The van der Waals surface area contributed by atoms with Gasteiger partial charge in [0.25, 0.3) is 0 Å². The fourth-order valence-electron chi connectivity index (χ4n) is 1.63. The number of nitrogens with zero attached hydrogens (tertiary/aromatic N) is 2. The number of anilines is 2. The first-order valence-electron chi connectivity index (χ1n) is 5.53. The van der Waals surface area contributed by atoms with E-state index in [0.717, 1.165) is 18.2 Å². The molecule has 1 N–H and O–H groups in total. The van der Waals surface area contributed by atoms with Crippen LogP contribution in [0.25, 0.3) is 0 Å². The van der Waals surface area contributed by atoms with E-state index in [1.54, 1.807) is 0 Å². The molecule has 110 valence electrons. The number of benzene rings is 1. The van der Waals surface area contributed by atoms with Crippen molar-refractivity contribution >= 4 is 28.8 Å². The zero-order valence-electron chi connectivity index (χ0n) is 10.2. The second kappa shape index (κ2) is 5.57. The molecule has 0 aliphatic carbocycles. The number of pyridine rings is 1. The Balaban J connectivity index is 2.49. The monoisotopic (exact) mass is 317 g/mol. The van der Waals surface area contributed by atoms with Crippen LogP contribution < -0.4 is 5.32 Å². The highest BCUT2D eigenvalue weighted by molar-refractivity contribution is 6.29. The van der Waals surface area contributed by atoms with Crippen LogP contribution in [0.4, 0.5) is 30.4 Å². The van der Waals surface area contributed by atoms with Gasteiger partial charge in [0.2, 0.25) is 5.82 Å². The van der Waals surface area contributed by atoms with Gasteiger partial charge < -0.3 is 5.32 Å². The predicted octanol–water partition coefficient (Wildman–Crippen LogP) is 4.41. The van der Waals surface area contributed by atoms with Crippen molar-refractivity contribution < 1.29 is 18.1 Å². The van der Waals surface area contributed by atoms with Gasteiger partial charge in [-0.15, -0.1) is 0 Å². The van der Waals surface area contributed by atoms with E-state index in [1.165, 1.54) is 18.2 Å². The highest BCUT2D eigenvalue weighted by Crippen LogP contribution is 2.37. The van der Waals surface area contributed by atoms with Crippen molar-refractivity contribution in [2.45, 2.75) is 6.18 Å². The lowest BCUT2D eigenvalue weighted by Crippen LogP contribution is -2.09. The van der Waals surface area contributed by atoms with Crippen molar-refractivity contribution in [3.05, 3.63) is 57.2 Å². The van der Waals surface area contributed by atoms with Crippen molar-refractivity contribution in [3.8, 4) is 0 Å². The maximum absolute atomic E-state index is 12.9. The summed E-state index contributed by atoms with van der Waals surface area (Å²) in [4.78, 5) is 13.8. The zero-order chi connectivity index (χ0) is 15.6. The molecule has 0 saturated carbocycles. The third-order valence-corrected chi connectivity index (χ3v) is 2.73. The van der Waals surface area contributed by atoms with Gasteiger partial charge in [0, 0.05) is 6.07 Å². The molecule has 1 aromatic heterocycles. The smallest absolute Gasteiger partial charge is 0.334 e. The molecule has 1 heterocycles. The number of nitro groups is 1. The Kier molecular flexibility index (Phi) is 3.99. The molecule has 0 radical (unpaired) electrons. The van der Waals surface area contributed by atoms with E-state index < -0.39 is 22.4 Å². The normalized spacial score (nSPS) is 11.2. The van der Waals surface area contributed by atoms with E-state index in [1.807, 2.05) is 0 Å². The molecule has 21 heavy (non-hydrogen) atoms. The van der Waals surface area contributed by atoms with E-state index >= 15 is 0 Å². The van der Waals surface area contributed by atoms with Gasteiger partial charge in [-0.05, 0) is 18.2 Å². The highest BCUT2D eigenvalue weighted by Gasteiger charge is 2.33. The summed E-state index contributed by atoms with van der Waals surface area (Å²) in [5.74, 6) is -0.357. The minimum Gasteiger partial charge on any atom is -0.334 e. The summed E-state index contributed by atoms with van der Waals surface area (Å²) >= 11 is 5.62. The number of hydrogen-bond donors (Lipinski definition) is 1. The van der Waals surface area contributed by atoms with Gasteiger partial charge in [0.1, 0.15) is 5.15 Å². The van der Waals surface area contributed by atoms with E-state index in [-0.39, 0.29) is 16.7 Å². The molecule has 2 aromatic rings. The SMILES string of the molecule is O=[N+]([O-])c1ccc(Cl)nc1Nc1ccccc1C(F)(F)F.